The highest BCUT2D eigenvalue weighted by Crippen LogP contribution is 2.35. The monoisotopic (exact) mass is 332 g/mol. The number of rotatable bonds is 2. The molecule has 0 atom stereocenters. The van der Waals surface area contributed by atoms with Gasteiger partial charge in [0.25, 0.3) is 0 Å². The van der Waals surface area contributed by atoms with Crippen LogP contribution in [0.25, 0.3) is 22.6 Å². The lowest BCUT2D eigenvalue weighted by molar-refractivity contribution is 0.414. The van der Waals surface area contributed by atoms with Gasteiger partial charge in [0.2, 0.25) is 5.89 Å². The standard InChI is InChI=1S/C15H13BrN2O2/c1-8-5-10(17)7-12-14(8)20-15(18-12)11-6-9(16)3-4-13(11)19-2/h3-7H,17H2,1-2H3. The first-order valence-corrected chi connectivity index (χ1v) is 6.88. The van der Waals surface area contributed by atoms with E-state index in [1.54, 1.807) is 13.2 Å². The number of nitrogen functional groups attached to an aromatic ring is 1. The molecule has 0 unspecified atom stereocenters. The number of aryl methyl sites for hydroxylation is 1. The van der Waals surface area contributed by atoms with E-state index in [4.69, 9.17) is 14.9 Å². The average Bonchev–Trinajstić information content (AvgIpc) is 2.82. The number of anilines is 1. The molecule has 0 bridgehead atoms. The normalized spacial score (nSPS) is 10.9. The Labute approximate surface area is 124 Å². The smallest absolute Gasteiger partial charge is 0.231 e. The second kappa shape index (κ2) is 4.83. The number of nitrogens with zero attached hydrogens (tertiary/aromatic N) is 1. The van der Waals surface area contributed by atoms with Crippen LogP contribution in [0.5, 0.6) is 5.75 Å². The molecule has 0 saturated heterocycles. The SMILES string of the molecule is COc1ccc(Br)cc1-c1nc2cc(N)cc(C)c2o1. The molecule has 3 aromatic rings. The number of nitrogens with two attached hydrogens (primary N) is 1. The van der Waals surface area contributed by atoms with Gasteiger partial charge in [-0.1, -0.05) is 15.9 Å². The molecule has 0 amide bonds. The fourth-order valence-electron chi connectivity index (χ4n) is 2.19. The molecule has 0 radical (unpaired) electrons. The van der Waals surface area contributed by atoms with Crippen molar-refractivity contribution in [2.75, 3.05) is 12.8 Å². The van der Waals surface area contributed by atoms with Gasteiger partial charge < -0.3 is 14.9 Å². The zero-order chi connectivity index (χ0) is 14.3. The number of hydrogen-bond acceptors (Lipinski definition) is 4. The summed E-state index contributed by atoms with van der Waals surface area (Å²) in [6.07, 6.45) is 0. The van der Waals surface area contributed by atoms with Gasteiger partial charge in [0.15, 0.2) is 5.58 Å². The van der Waals surface area contributed by atoms with Crippen LogP contribution in [0.2, 0.25) is 0 Å². The lowest BCUT2D eigenvalue weighted by Gasteiger charge is -2.05. The Bertz CT molecular complexity index is 796. The summed E-state index contributed by atoms with van der Waals surface area (Å²) in [4.78, 5) is 4.51. The van der Waals surface area contributed by atoms with Crippen LogP contribution in [0.3, 0.4) is 0 Å². The van der Waals surface area contributed by atoms with E-state index in [1.807, 2.05) is 31.2 Å². The van der Waals surface area contributed by atoms with E-state index in [-0.39, 0.29) is 0 Å². The van der Waals surface area contributed by atoms with Crippen LogP contribution in [0, 0.1) is 6.92 Å². The first-order chi connectivity index (χ1) is 9.58. The third-order valence-corrected chi connectivity index (χ3v) is 3.58. The molecule has 1 aromatic heterocycles. The summed E-state index contributed by atoms with van der Waals surface area (Å²) in [7, 11) is 1.62. The largest absolute Gasteiger partial charge is 0.496 e. The van der Waals surface area contributed by atoms with E-state index in [9.17, 15) is 0 Å². The van der Waals surface area contributed by atoms with Crippen LogP contribution in [0.1, 0.15) is 5.56 Å². The van der Waals surface area contributed by atoms with Gasteiger partial charge in [-0.05, 0) is 42.8 Å². The Morgan fingerprint density at radius 3 is 2.80 bits per heavy atom. The maximum absolute atomic E-state index is 5.87. The van der Waals surface area contributed by atoms with Gasteiger partial charge in [-0.15, -0.1) is 0 Å². The summed E-state index contributed by atoms with van der Waals surface area (Å²) >= 11 is 3.45. The van der Waals surface area contributed by atoms with E-state index in [1.165, 1.54) is 0 Å². The van der Waals surface area contributed by atoms with Gasteiger partial charge in [-0.2, -0.15) is 0 Å². The number of fused-ring (bicyclic) bond motifs is 1. The van der Waals surface area contributed by atoms with Gasteiger partial charge in [-0.25, -0.2) is 4.98 Å². The quantitative estimate of drug-likeness (QED) is 0.716. The van der Waals surface area contributed by atoms with Gasteiger partial charge in [0, 0.05) is 10.2 Å². The summed E-state index contributed by atoms with van der Waals surface area (Å²) in [6, 6.07) is 9.38. The molecule has 4 nitrogen and oxygen atoms in total. The Kier molecular flexibility index (Phi) is 3.14. The molecular formula is C15H13BrN2O2. The van der Waals surface area contributed by atoms with E-state index < -0.39 is 0 Å². The minimum Gasteiger partial charge on any atom is -0.496 e. The van der Waals surface area contributed by atoms with Crippen molar-refractivity contribution in [3.63, 3.8) is 0 Å². The van der Waals surface area contributed by atoms with Crippen molar-refractivity contribution in [2.45, 2.75) is 6.92 Å². The summed E-state index contributed by atoms with van der Waals surface area (Å²) < 4.78 is 12.2. The number of hydrogen-bond donors (Lipinski definition) is 1. The van der Waals surface area contributed by atoms with Gasteiger partial charge in [0.05, 0.1) is 12.7 Å². The zero-order valence-electron chi connectivity index (χ0n) is 11.1. The minimum atomic E-state index is 0.520. The molecule has 0 saturated carbocycles. The van der Waals surface area contributed by atoms with Gasteiger partial charge >= 0.3 is 0 Å². The van der Waals surface area contributed by atoms with Crippen molar-refractivity contribution in [1.82, 2.24) is 4.98 Å². The summed E-state index contributed by atoms with van der Waals surface area (Å²) in [6.45, 7) is 1.95. The summed E-state index contributed by atoms with van der Waals surface area (Å²) in [5.41, 5.74) is 9.78. The maximum atomic E-state index is 5.87. The highest BCUT2D eigenvalue weighted by Gasteiger charge is 2.15. The van der Waals surface area contributed by atoms with E-state index in [2.05, 4.69) is 20.9 Å². The number of aromatic nitrogens is 1. The fourth-order valence-corrected chi connectivity index (χ4v) is 2.55. The molecule has 0 spiro atoms. The Morgan fingerprint density at radius 2 is 2.05 bits per heavy atom. The van der Waals surface area contributed by atoms with Crippen molar-refractivity contribution in [3.8, 4) is 17.2 Å². The van der Waals surface area contributed by atoms with Crippen LogP contribution >= 0.6 is 15.9 Å². The zero-order valence-corrected chi connectivity index (χ0v) is 12.7. The van der Waals surface area contributed by atoms with Crippen molar-refractivity contribution in [3.05, 3.63) is 40.4 Å². The minimum absolute atomic E-state index is 0.520. The molecule has 0 aliphatic heterocycles. The Balaban J connectivity index is 2.25. The second-order valence-electron chi connectivity index (χ2n) is 4.55. The maximum Gasteiger partial charge on any atom is 0.231 e. The summed E-state index contributed by atoms with van der Waals surface area (Å²) in [5, 5.41) is 0. The average molecular weight is 333 g/mol. The molecule has 20 heavy (non-hydrogen) atoms. The molecule has 102 valence electrons. The van der Waals surface area contributed by atoms with Crippen LogP contribution in [-0.2, 0) is 0 Å². The number of methoxy groups -OCH3 is 1. The molecule has 5 heteroatoms. The van der Waals surface area contributed by atoms with Crippen molar-refractivity contribution >= 4 is 32.7 Å². The highest BCUT2D eigenvalue weighted by molar-refractivity contribution is 9.10. The van der Waals surface area contributed by atoms with Crippen LogP contribution in [-0.4, -0.2) is 12.1 Å². The van der Waals surface area contributed by atoms with Crippen LogP contribution in [0.15, 0.2) is 39.2 Å². The molecule has 0 aliphatic rings. The molecule has 1 heterocycles. The van der Waals surface area contributed by atoms with Crippen molar-refractivity contribution < 1.29 is 9.15 Å². The lowest BCUT2D eigenvalue weighted by atomic mass is 10.2. The van der Waals surface area contributed by atoms with E-state index in [0.717, 1.165) is 26.7 Å². The van der Waals surface area contributed by atoms with Crippen molar-refractivity contribution in [2.24, 2.45) is 0 Å². The topological polar surface area (TPSA) is 61.3 Å². The Morgan fingerprint density at radius 1 is 1.25 bits per heavy atom. The number of oxazole rings is 1. The number of benzene rings is 2. The van der Waals surface area contributed by atoms with Crippen LogP contribution < -0.4 is 10.5 Å². The molecule has 0 fully saturated rings. The highest BCUT2D eigenvalue weighted by atomic mass is 79.9. The first kappa shape index (κ1) is 13.0. The van der Waals surface area contributed by atoms with Gasteiger partial charge in [0.1, 0.15) is 11.3 Å². The predicted molar refractivity (Wildman–Crippen MR) is 82.8 cm³/mol. The molecule has 2 aromatic carbocycles. The molecular weight excluding hydrogens is 320 g/mol. The van der Waals surface area contributed by atoms with Crippen molar-refractivity contribution in [1.29, 1.82) is 0 Å². The second-order valence-corrected chi connectivity index (χ2v) is 5.47. The number of ether oxygens (including phenoxy) is 1. The van der Waals surface area contributed by atoms with E-state index >= 15 is 0 Å². The lowest BCUT2D eigenvalue weighted by Crippen LogP contribution is -1.88. The van der Waals surface area contributed by atoms with Gasteiger partial charge in [-0.3, -0.25) is 0 Å². The third kappa shape index (κ3) is 2.14. The molecule has 3 rings (SSSR count). The molecule has 0 aliphatic carbocycles. The third-order valence-electron chi connectivity index (χ3n) is 3.09. The number of halogens is 1. The Hall–Kier alpha value is -2.01. The fraction of sp³-hybridized carbons (Fsp3) is 0.133. The summed E-state index contributed by atoms with van der Waals surface area (Å²) in [5.74, 6) is 1.23. The van der Waals surface area contributed by atoms with E-state index in [0.29, 0.717) is 17.3 Å². The molecule has 2 N–H and O–H groups in total. The van der Waals surface area contributed by atoms with Crippen LogP contribution in [0.4, 0.5) is 5.69 Å². The predicted octanol–water partition coefficient (Wildman–Crippen LogP) is 4.16. The first-order valence-electron chi connectivity index (χ1n) is 6.09.